The first-order valence-corrected chi connectivity index (χ1v) is 5.20. The summed E-state index contributed by atoms with van der Waals surface area (Å²) in [5.74, 6) is 0.996. The molecule has 0 fully saturated rings. The highest BCUT2D eigenvalue weighted by molar-refractivity contribution is 5.33. The zero-order chi connectivity index (χ0) is 10.4. The summed E-state index contributed by atoms with van der Waals surface area (Å²) >= 11 is 0. The molecule has 0 aromatic heterocycles. The summed E-state index contributed by atoms with van der Waals surface area (Å²) in [5, 5.41) is 0. The van der Waals surface area contributed by atoms with Crippen LogP contribution in [0.25, 0.3) is 0 Å². The van der Waals surface area contributed by atoms with Crippen LogP contribution in [0.1, 0.15) is 25.8 Å². The Hall–Kier alpha value is -1.02. The average Bonchev–Trinajstić information content (AvgIpc) is 2.18. The maximum absolute atomic E-state index is 5.66. The van der Waals surface area contributed by atoms with Crippen LogP contribution >= 0.6 is 0 Å². The molecule has 2 N–H and O–H groups in total. The number of nitrogens with two attached hydrogens (primary N) is 1. The Morgan fingerprint density at radius 2 is 2.07 bits per heavy atom. The minimum absolute atomic E-state index is 0.212. The molecule has 2 heteroatoms. The van der Waals surface area contributed by atoms with Gasteiger partial charge in [-0.2, -0.15) is 0 Å². The minimum Gasteiger partial charge on any atom is -0.493 e. The number of aryl methyl sites for hydroxylation is 1. The van der Waals surface area contributed by atoms with Crippen LogP contribution < -0.4 is 10.5 Å². The van der Waals surface area contributed by atoms with Gasteiger partial charge in [0.25, 0.3) is 0 Å². The lowest BCUT2D eigenvalue weighted by molar-refractivity contribution is 0.298. The summed E-state index contributed by atoms with van der Waals surface area (Å²) in [6.45, 7) is 4.83. The molecule has 1 aromatic carbocycles. The van der Waals surface area contributed by atoms with E-state index in [9.17, 15) is 0 Å². The van der Waals surface area contributed by atoms with Crippen LogP contribution in [-0.2, 0) is 6.42 Å². The molecule has 14 heavy (non-hydrogen) atoms. The average molecular weight is 193 g/mol. The first-order chi connectivity index (χ1) is 6.74. The van der Waals surface area contributed by atoms with Gasteiger partial charge in [0.15, 0.2) is 0 Å². The van der Waals surface area contributed by atoms with Crippen molar-refractivity contribution in [3.05, 3.63) is 29.8 Å². The summed E-state index contributed by atoms with van der Waals surface area (Å²) in [6.07, 6.45) is 1.91. The van der Waals surface area contributed by atoms with Crippen LogP contribution in [0.5, 0.6) is 5.75 Å². The second-order valence-corrected chi connectivity index (χ2v) is 3.58. The second kappa shape index (κ2) is 5.66. The molecule has 1 unspecified atom stereocenters. The first kappa shape index (κ1) is 11.1. The summed E-state index contributed by atoms with van der Waals surface area (Å²) in [6, 6.07) is 8.36. The fourth-order valence-corrected chi connectivity index (χ4v) is 1.29. The highest BCUT2D eigenvalue weighted by Gasteiger charge is 2.00. The zero-order valence-electron chi connectivity index (χ0n) is 8.99. The van der Waals surface area contributed by atoms with Crippen molar-refractivity contribution in [2.24, 2.45) is 5.73 Å². The predicted octanol–water partition coefficient (Wildman–Crippen LogP) is 2.37. The van der Waals surface area contributed by atoms with Gasteiger partial charge in [-0.3, -0.25) is 0 Å². The molecule has 2 nitrogen and oxygen atoms in total. The molecular weight excluding hydrogens is 174 g/mol. The molecular formula is C12H19NO. The van der Waals surface area contributed by atoms with Crippen molar-refractivity contribution in [2.75, 3.05) is 6.61 Å². The summed E-state index contributed by atoms with van der Waals surface area (Å²) in [7, 11) is 0. The summed E-state index contributed by atoms with van der Waals surface area (Å²) in [4.78, 5) is 0. The van der Waals surface area contributed by atoms with Crippen molar-refractivity contribution in [3.8, 4) is 5.75 Å². The number of rotatable bonds is 5. The molecule has 0 spiro atoms. The van der Waals surface area contributed by atoms with Crippen molar-refractivity contribution in [1.82, 2.24) is 0 Å². The predicted molar refractivity (Wildman–Crippen MR) is 59.6 cm³/mol. The summed E-state index contributed by atoms with van der Waals surface area (Å²) < 4.78 is 5.66. The van der Waals surface area contributed by atoms with Gasteiger partial charge in [-0.25, -0.2) is 0 Å². The van der Waals surface area contributed by atoms with E-state index in [4.69, 9.17) is 10.5 Å². The SMILES string of the molecule is CCc1ccccc1OCCC(C)N. The third kappa shape index (κ3) is 3.38. The van der Waals surface area contributed by atoms with Gasteiger partial charge in [0.2, 0.25) is 0 Å². The lowest BCUT2D eigenvalue weighted by Gasteiger charge is -2.11. The zero-order valence-corrected chi connectivity index (χ0v) is 8.99. The van der Waals surface area contributed by atoms with E-state index in [0.29, 0.717) is 6.61 Å². The van der Waals surface area contributed by atoms with Crippen molar-refractivity contribution in [2.45, 2.75) is 32.7 Å². The Morgan fingerprint density at radius 3 is 2.71 bits per heavy atom. The van der Waals surface area contributed by atoms with Gasteiger partial charge in [-0.1, -0.05) is 25.1 Å². The highest BCUT2D eigenvalue weighted by atomic mass is 16.5. The maximum atomic E-state index is 5.66. The molecule has 0 amide bonds. The number of benzene rings is 1. The van der Waals surface area contributed by atoms with Crippen molar-refractivity contribution >= 4 is 0 Å². The number of hydrogen-bond acceptors (Lipinski definition) is 2. The summed E-state index contributed by atoms with van der Waals surface area (Å²) in [5.41, 5.74) is 6.91. The maximum Gasteiger partial charge on any atom is 0.122 e. The molecule has 0 saturated carbocycles. The lowest BCUT2D eigenvalue weighted by Crippen LogP contribution is -2.18. The van der Waals surface area contributed by atoms with Gasteiger partial charge in [0, 0.05) is 6.04 Å². The second-order valence-electron chi connectivity index (χ2n) is 3.58. The number of hydrogen-bond donors (Lipinski definition) is 1. The van der Waals surface area contributed by atoms with Crippen LogP contribution in [0.2, 0.25) is 0 Å². The molecule has 0 aliphatic carbocycles. The van der Waals surface area contributed by atoms with Crippen LogP contribution in [-0.4, -0.2) is 12.6 Å². The lowest BCUT2D eigenvalue weighted by atomic mass is 10.1. The van der Waals surface area contributed by atoms with E-state index in [1.807, 2.05) is 25.1 Å². The van der Waals surface area contributed by atoms with Gasteiger partial charge in [0.05, 0.1) is 6.61 Å². The third-order valence-corrected chi connectivity index (χ3v) is 2.18. The largest absolute Gasteiger partial charge is 0.493 e. The quantitative estimate of drug-likeness (QED) is 0.779. The van der Waals surface area contributed by atoms with E-state index in [0.717, 1.165) is 18.6 Å². The van der Waals surface area contributed by atoms with Crippen molar-refractivity contribution in [3.63, 3.8) is 0 Å². The fraction of sp³-hybridized carbons (Fsp3) is 0.500. The molecule has 1 rings (SSSR count). The monoisotopic (exact) mass is 193 g/mol. The highest BCUT2D eigenvalue weighted by Crippen LogP contribution is 2.18. The van der Waals surface area contributed by atoms with E-state index >= 15 is 0 Å². The number of para-hydroxylation sites is 1. The Labute approximate surface area is 86.1 Å². The molecule has 0 heterocycles. The van der Waals surface area contributed by atoms with Crippen LogP contribution in [0.15, 0.2) is 24.3 Å². The Bertz CT molecular complexity index is 271. The van der Waals surface area contributed by atoms with Gasteiger partial charge in [-0.05, 0) is 31.4 Å². The molecule has 0 bridgehead atoms. The Morgan fingerprint density at radius 1 is 1.36 bits per heavy atom. The molecule has 0 radical (unpaired) electrons. The normalized spacial score (nSPS) is 12.5. The van der Waals surface area contributed by atoms with Gasteiger partial charge >= 0.3 is 0 Å². The molecule has 1 aromatic rings. The van der Waals surface area contributed by atoms with Gasteiger partial charge in [-0.15, -0.1) is 0 Å². The molecule has 0 saturated heterocycles. The van der Waals surface area contributed by atoms with E-state index < -0.39 is 0 Å². The molecule has 0 aliphatic heterocycles. The van der Waals surface area contributed by atoms with E-state index in [1.165, 1.54) is 5.56 Å². The van der Waals surface area contributed by atoms with Crippen LogP contribution in [0, 0.1) is 0 Å². The van der Waals surface area contributed by atoms with Gasteiger partial charge in [0.1, 0.15) is 5.75 Å². The van der Waals surface area contributed by atoms with E-state index in [1.54, 1.807) is 0 Å². The molecule has 0 aliphatic rings. The Balaban J connectivity index is 2.49. The Kier molecular flexibility index (Phi) is 4.47. The topological polar surface area (TPSA) is 35.2 Å². The number of ether oxygens (including phenoxy) is 1. The van der Waals surface area contributed by atoms with Crippen molar-refractivity contribution in [1.29, 1.82) is 0 Å². The molecule has 1 atom stereocenters. The van der Waals surface area contributed by atoms with Crippen LogP contribution in [0.4, 0.5) is 0 Å². The van der Waals surface area contributed by atoms with E-state index in [-0.39, 0.29) is 6.04 Å². The smallest absolute Gasteiger partial charge is 0.122 e. The van der Waals surface area contributed by atoms with E-state index in [2.05, 4.69) is 13.0 Å². The van der Waals surface area contributed by atoms with Crippen LogP contribution in [0.3, 0.4) is 0 Å². The third-order valence-electron chi connectivity index (χ3n) is 2.18. The van der Waals surface area contributed by atoms with Crippen molar-refractivity contribution < 1.29 is 4.74 Å². The van der Waals surface area contributed by atoms with Gasteiger partial charge < -0.3 is 10.5 Å². The molecule has 78 valence electrons. The standard InChI is InChI=1S/C12H19NO/c1-3-11-6-4-5-7-12(11)14-9-8-10(2)13/h4-7,10H,3,8-9,13H2,1-2H3. The fourth-order valence-electron chi connectivity index (χ4n) is 1.29. The first-order valence-electron chi connectivity index (χ1n) is 5.20. The minimum atomic E-state index is 0.212.